The lowest BCUT2D eigenvalue weighted by atomic mass is 10.1. The largest absolute Gasteiger partial charge is 0.383 e. The Morgan fingerprint density at radius 3 is 2.75 bits per heavy atom. The molecule has 1 atom stereocenters. The van der Waals surface area contributed by atoms with Crippen molar-refractivity contribution in [2.24, 2.45) is 5.73 Å². The normalized spacial score (nSPS) is 14.3. The number of imide groups is 2. The van der Waals surface area contributed by atoms with E-state index < -0.39 is 17.9 Å². The number of benzene rings is 1. The molecule has 24 heavy (non-hydrogen) atoms. The maximum Gasteiger partial charge on any atom is 0.263 e. The van der Waals surface area contributed by atoms with Crippen molar-refractivity contribution in [3.05, 3.63) is 29.3 Å². The van der Waals surface area contributed by atoms with Crippen molar-refractivity contribution >= 4 is 29.8 Å². The number of nitrogens with two attached hydrogens (primary N) is 1. The summed E-state index contributed by atoms with van der Waals surface area (Å²) in [7, 11) is 0. The summed E-state index contributed by atoms with van der Waals surface area (Å²) in [5, 5.41) is 5.08. The Kier molecular flexibility index (Phi) is 5.64. The molecule has 1 heterocycles. The van der Waals surface area contributed by atoms with Crippen LogP contribution in [0.2, 0.25) is 0 Å². The Morgan fingerprint density at radius 1 is 1.33 bits per heavy atom. The van der Waals surface area contributed by atoms with Crippen LogP contribution >= 0.6 is 0 Å². The summed E-state index contributed by atoms with van der Waals surface area (Å²) in [4.78, 5) is 48.0. The number of carbonyl (C=O) groups is 4. The van der Waals surface area contributed by atoms with E-state index in [9.17, 15) is 19.2 Å². The molecule has 1 aromatic carbocycles. The molecule has 1 aliphatic rings. The van der Waals surface area contributed by atoms with Crippen molar-refractivity contribution in [3.8, 4) is 0 Å². The van der Waals surface area contributed by atoms with Crippen LogP contribution in [-0.4, -0.2) is 48.2 Å². The number of amides is 4. The van der Waals surface area contributed by atoms with E-state index in [1.807, 2.05) is 5.32 Å². The first-order valence-electron chi connectivity index (χ1n) is 7.69. The van der Waals surface area contributed by atoms with E-state index in [-0.39, 0.29) is 18.7 Å². The van der Waals surface area contributed by atoms with Gasteiger partial charge in [-0.15, -0.1) is 0 Å². The molecule has 1 unspecified atom stereocenters. The molecule has 4 N–H and O–H groups in total. The molecule has 8 heteroatoms. The summed E-state index contributed by atoms with van der Waals surface area (Å²) in [6.07, 6.45) is 0.632. The third-order valence-electron chi connectivity index (χ3n) is 3.86. The highest BCUT2D eigenvalue weighted by atomic mass is 16.2. The summed E-state index contributed by atoms with van der Waals surface area (Å²) in [6.45, 7) is 2.58. The van der Waals surface area contributed by atoms with E-state index >= 15 is 0 Å². The fourth-order valence-corrected chi connectivity index (χ4v) is 2.66. The predicted molar refractivity (Wildman–Crippen MR) is 87.4 cm³/mol. The number of carbonyl (C=O) groups excluding carboxylic acids is 4. The lowest BCUT2D eigenvalue weighted by molar-refractivity contribution is -0.125. The Bertz CT molecular complexity index is 674. The van der Waals surface area contributed by atoms with Crippen LogP contribution in [0.25, 0.3) is 0 Å². The van der Waals surface area contributed by atoms with Crippen molar-refractivity contribution in [3.63, 3.8) is 0 Å². The van der Waals surface area contributed by atoms with Gasteiger partial charge in [-0.25, -0.2) is 0 Å². The number of rotatable bonds is 8. The van der Waals surface area contributed by atoms with Crippen molar-refractivity contribution in [2.75, 3.05) is 18.4 Å². The van der Waals surface area contributed by atoms with Gasteiger partial charge in [-0.3, -0.25) is 29.4 Å². The van der Waals surface area contributed by atoms with Gasteiger partial charge < -0.3 is 11.1 Å². The number of nitrogens with one attached hydrogen (secondary N) is 2. The van der Waals surface area contributed by atoms with Gasteiger partial charge in [0.05, 0.1) is 11.1 Å². The first-order valence-corrected chi connectivity index (χ1v) is 7.69. The molecule has 2 rings (SSSR count). The van der Waals surface area contributed by atoms with E-state index in [4.69, 9.17) is 5.73 Å². The summed E-state index contributed by atoms with van der Waals surface area (Å²) in [5.41, 5.74) is 6.71. The molecule has 0 saturated carbocycles. The van der Waals surface area contributed by atoms with Gasteiger partial charge in [-0.05, 0) is 25.5 Å². The van der Waals surface area contributed by atoms with Gasteiger partial charge in [0, 0.05) is 31.2 Å². The van der Waals surface area contributed by atoms with Crippen LogP contribution in [0.15, 0.2) is 18.2 Å². The third-order valence-corrected chi connectivity index (χ3v) is 3.86. The monoisotopic (exact) mass is 332 g/mol. The summed E-state index contributed by atoms with van der Waals surface area (Å²) >= 11 is 0. The molecule has 0 bridgehead atoms. The average Bonchev–Trinajstić information content (AvgIpc) is 2.83. The van der Waals surface area contributed by atoms with Gasteiger partial charge in [0.15, 0.2) is 0 Å². The second kappa shape index (κ2) is 7.69. The van der Waals surface area contributed by atoms with E-state index in [0.29, 0.717) is 36.3 Å². The molecule has 4 amide bonds. The SMILES string of the molecule is CC(CCC(=O)NC=O)N1C(=O)c2cccc(NCCN)c2C1=O. The Balaban J connectivity index is 2.17. The molecule has 1 aliphatic heterocycles. The standard InChI is InChI=1S/C16H20N4O4/c1-10(5-6-13(22)19-9-21)20-15(23)11-3-2-4-12(18-8-7-17)14(11)16(20)24/h2-4,9-10,18H,5-8,17H2,1H3,(H,19,21,22). The molecule has 0 fully saturated rings. The maximum absolute atomic E-state index is 12.7. The lowest BCUT2D eigenvalue weighted by Crippen LogP contribution is -2.38. The molecule has 128 valence electrons. The number of nitrogens with zero attached hydrogens (tertiary/aromatic N) is 1. The Labute approximate surface area is 139 Å². The third kappa shape index (κ3) is 3.43. The number of hydrogen-bond acceptors (Lipinski definition) is 6. The summed E-state index contributed by atoms with van der Waals surface area (Å²) in [5.74, 6) is -1.22. The van der Waals surface area contributed by atoms with Crippen LogP contribution < -0.4 is 16.4 Å². The van der Waals surface area contributed by atoms with Crippen LogP contribution in [0.5, 0.6) is 0 Å². The van der Waals surface area contributed by atoms with Gasteiger partial charge in [0.1, 0.15) is 0 Å². The highest BCUT2D eigenvalue weighted by molar-refractivity contribution is 6.23. The minimum Gasteiger partial charge on any atom is -0.383 e. The average molecular weight is 332 g/mol. The number of anilines is 1. The number of fused-ring (bicyclic) bond motifs is 1. The van der Waals surface area contributed by atoms with Gasteiger partial charge in [0.2, 0.25) is 12.3 Å². The summed E-state index contributed by atoms with van der Waals surface area (Å²) in [6, 6.07) is 4.58. The fourth-order valence-electron chi connectivity index (χ4n) is 2.66. The van der Waals surface area contributed by atoms with Crippen molar-refractivity contribution < 1.29 is 19.2 Å². The second-order valence-corrected chi connectivity index (χ2v) is 5.50. The highest BCUT2D eigenvalue weighted by Gasteiger charge is 2.39. The molecule has 0 aliphatic carbocycles. The van der Waals surface area contributed by atoms with Crippen LogP contribution in [0, 0.1) is 0 Å². The van der Waals surface area contributed by atoms with Crippen molar-refractivity contribution in [2.45, 2.75) is 25.8 Å². The van der Waals surface area contributed by atoms with Crippen LogP contribution in [0.4, 0.5) is 5.69 Å². The van der Waals surface area contributed by atoms with Gasteiger partial charge >= 0.3 is 0 Å². The summed E-state index contributed by atoms with van der Waals surface area (Å²) < 4.78 is 0. The van der Waals surface area contributed by atoms with Gasteiger partial charge in [0.25, 0.3) is 11.8 Å². The molecule has 0 saturated heterocycles. The first-order chi connectivity index (χ1) is 11.5. The zero-order valence-electron chi connectivity index (χ0n) is 13.4. The van der Waals surface area contributed by atoms with Crippen LogP contribution in [-0.2, 0) is 9.59 Å². The predicted octanol–water partition coefficient (Wildman–Crippen LogP) is 0.0945. The molecule has 0 spiro atoms. The molecular formula is C16H20N4O4. The van der Waals surface area contributed by atoms with Crippen molar-refractivity contribution in [1.82, 2.24) is 10.2 Å². The highest BCUT2D eigenvalue weighted by Crippen LogP contribution is 2.31. The topological polar surface area (TPSA) is 122 Å². The van der Waals surface area contributed by atoms with Crippen LogP contribution in [0.3, 0.4) is 0 Å². The second-order valence-electron chi connectivity index (χ2n) is 5.50. The van der Waals surface area contributed by atoms with E-state index in [1.54, 1.807) is 25.1 Å². The van der Waals surface area contributed by atoms with Gasteiger partial charge in [-0.2, -0.15) is 0 Å². The fraction of sp³-hybridized carbons (Fsp3) is 0.375. The zero-order valence-corrected chi connectivity index (χ0v) is 13.4. The minimum absolute atomic E-state index is 0.0472. The Morgan fingerprint density at radius 2 is 2.08 bits per heavy atom. The van der Waals surface area contributed by atoms with E-state index in [2.05, 4.69) is 5.32 Å². The smallest absolute Gasteiger partial charge is 0.263 e. The number of hydrogen-bond donors (Lipinski definition) is 3. The molecule has 1 aromatic rings. The van der Waals surface area contributed by atoms with Crippen molar-refractivity contribution in [1.29, 1.82) is 0 Å². The molecule has 0 aromatic heterocycles. The quantitative estimate of drug-likeness (QED) is 0.458. The first kappa shape index (κ1) is 17.6. The van der Waals surface area contributed by atoms with Crippen LogP contribution in [0.1, 0.15) is 40.5 Å². The molecule has 8 nitrogen and oxygen atoms in total. The lowest BCUT2D eigenvalue weighted by Gasteiger charge is -2.22. The molecular weight excluding hydrogens is 312 g/mol. The van der Waals surface area contributed by atoms with E-state index in [0.717, 1.165) is 4.90 Å². The maximum atomic E-state index is 12.7. The zero-order chi connectivity index (χ0) is 17.7. The minimum atomic E-state index is -0.461. The van der Waals surface area contributed by atoms with Gasteiger partial charge in [-0.1, -0.05) is 6.07 Å². The Hall–Kier alpha value is -2.74. The van der Waals surface area contributed by atoms with E-state index in [1.165, 1.54) is 0 Å². The molecule has 0 radical (unpaired) electrons.